The summed E-state index contributed by atoms with van der Waals surface area (Å²) >= 11 is 0. The van der Waals surface area contributed by atoms with Gasteiger partial charge >= 0.3 is 0 Å². The van der Waals surface area contributed by atoms with Crippen LogP contribution in [0.1, 0.15) is 10.4 Å². The Morgan fingerprint density at radius 1 is 0.825 bits per heavy atom. The number of carbonyl (C=O) groups is 1. The maximum Gasteiger partial charge on any atom is 0.255 e. The summed E-state index contributed by atoms with van der Waals surface area (Å²) in [5, 5.41) is 22.1. The van der Waals surface area contributed by atoms with Crippen molar-refractivity contribution >= 4 is 39.5 Å². The van der Waals surface area contributed by atoms with E-state index in [1.807, 2.05) is 110 Å². The number of rotatable bonds is 8. The third kappa shape index (κ3) is 5.18. The van der Waals surface area contributed by atoms with Crippen LogP contribution >= 0.6 is 0 Å². The Morgan fingerprint density at radius 3 is 2.33 bits per heavy atom. The lowest BCUT2D eigenvalue weighted by atomic mass is 10.1. The van der Waals surface area contributed by atoms with E-state index in [2.05, 4.69) is 20.8 Å². The predicted molar refractivity (Wildman–Crippen MR) is 157 cm³/mol. The van der Waals surface area contributed by atoms with Crippen LogP contribution in [0.25, 0.3) is 27.8 Å². The summed E-state index contributed by atoms with van der Waals surface area (Å²) < 4.78 is 7.51. The molecule has 0 aliphatic heterocycles. The van der Waals surface area contributed by atoms with Gasteiger partial charge in [-0.2, -0.15) is 4.52 Å². The monoisotopic (exact) mass is 529 g/mol. The molecule has 6 aromatic rings. The van der Waals surface area contributed by atoms with Crippen LogP contribution in [0.3, 0.4) is 0 Å². The lowest BCUT2D eigenvalue weighted by molar-refractivity contribution is 0.102. The highest BCUT2D eigenvalue weighted by Crippen LogP contribution is 2.30. The van der Waals surface area contributed by atoms with E-state index in [1.54, 1.807) is 16.6 Å². The van der Waals surface area contributed by atoms with E-state index in [1.165, 1.54) is 0 Å². The lowest BCUT2D eigenvalue weighted by Crippen LogP contribution is -2.18. The number of fused-ring (bicyclic) bond motifs is 3. The van der Waals surface area contributed by atoms with E-state index in [0.29, 0.717) is 35.3 Å². The van der Waals surface area contributed by atoms with Gasteiger partial charge in [0.1, 0.15) is 12.5 Å². The molecule has 9 heteroatoms. The second kappa shape index (κ2) is 10.8. The first-order valence-corrected chi connectivity index (χ1v) is 12.8. The second-order valence-corrected chi connectivity index (χ2v) is 9.56. The number of hydrogen-bond acceptors (Lipinski definition) is 7. The first-order chi connectivity index (χ1) is 19.5. The quantitative estimate of drug-likeness (QED) is 0.239. The average molecular weight is 530 g/mol. The van der Waals surface area contributed by atoms with E-state index < -0.39 is 0 Å². The number of carbonyl (C=O) groups excluding carboxylic acids is 1. The van der Waals surface area contributed by atoms with Gasteiger partial charge in [0.15, 0.2) is 17.3 Å². The van der Waals surface area contributed by atoms with Crippen molar-refractivity contribution in [3.8, 4) is 17.1 Å². The van der Waals surface area contributed by atoms with Crippen LogP contribution in [0, 0.1) is 0 Å². The van der Waals surface area contributed by atoms with Crippen LogP contribution in [0.5, 0.6) is 5.75 Å². The Labute approximate surface area is 231 Å². The fourth-order valence-corrected chi connectivity index (χ4v) is 4.36. The maximum atomic E-state index is 12.7. The fraction of sp³-hybridized carbons (Fsp3) is 0.0968. The van der Waals surface area contributed by atoms with Gasteiger partial charge < -0.3 is 15.4 Å². The van der Waals surface area contributed by atoms with E-state index >= 15 is 0 Å². The molecule has 0 saturated heterocycles. The van der Waals surface area contributed by atoms with Crippen LogP contribution in [0.4, 0.5) is 17.2 Å². The Bertz CT molecular complexity index is 1800. The van der Waals surface area contributed by atoms with Crippen LogP contribution in [-0.4, -0.2) is 51.4 Å². The van der Waals surface area contributed by atoms with Gasteiger partial charge in [0.05, 0.1) is 0 Å². The Kier molecular flexibility index (Phi) is 6.78. The molecule has 0 aliphatic rings. The molecule has 0 spiro atoms. The maximum absolute atomic E-state index is 12.7. The van der Waals surface area contributed by atoms with Gasteiger partial charge in [-0.15, -0.1) is 15.3 Å². The minimum Gasteiger partial charge on any atom is -0.478 e. The predicted octanol–water partition coefficient (Wildman–Crippen LogP) is 5.84. The molecule has 0 bridgehead atoms. The Morgan fingerprint density at radius 2 is 1.55 bits per heavy atom. The summed E-state index contributed by atoms with van der Waals surface area (Å²) in [7, 11) is 3.91. The third-order valence-electron chi connectivity index (χ3n) is 6.28. The highest BCUT2D eigenvalue weighted by molar-refractivity contribution is 6.05. The smallest absolute Gasteiger partial charge is 0.255 e. The molecule has 0 fully saturated rings. The number of anilines is 3. The molecule has 4 aromatic carbocycles. The van der Waals surface area contributed by atoms with Crippen LogP contribution in [0.2, 0.25) is 0 Å². The molecule has 198 valence electrons. The molecule has 0 atom stereocenters. The van der Waals surface area contributed by atoms with E-state index in [-0.39, 0.29) is 5.91 Å². The first-order valence-electron chi connectivity index (χ1n) is 12.8. The molecule has 6 rings (SSSR count). The molecule has 0 radical (unpaired) electrons. The Hall–Kier alpha value is -5.28. The zero-order valence-electron chi connectivity index (χ0n) is 22.1. The summed E-state index contributed by atoms with van der Waals surface area (Å²) in [6, 6.07) is 32.3. The SMILES string of the molecule is CN(C)COc1ccc(-c2nnc3c4ccccc4c(Nc4cccc(NC(=O)c5ccccc5)c4)nn23)cc1. The molecule has 0 saturated carbocycles. The summed E-state index contributed by atoms with van der Waals surface area (Å²) in [5.41, 5.74) is 3.57. The van der Waals surface area contributed by atoms with Gasteiger partial charge in [0, 0.05) is 33.3 Å². The third-order valence-corrected chi connectivity index (χ3v) is 6.28. The minimum atomic E-state index is -0.171. The van der Waals surface area contributed by atoms with Gasteiger partial charge in [-0.25, -0.2) is 0 Å². The van der Waals surface area contributed by atoms with Crippen LogP contribution in [0.15, 0.2) is 103 Å². The number of hydrogen-bond donors (Lipinski definition) is 2. The molecule has 0 unspecified atom stereocenters. The number of ether oxygens (including phenoxy) is 1. The Balaban J connectivity index is 1.33. The second-order valence-electron chi connectivity index (χ2n) is 9.56. The zero-order valence-corrected chi connectivity index (χ0v) is 22.1. The number of amides is 1. The first kappa shape index (κ1) is 25.0. The van der Waals surface area contributed by atoms with Crippen LogP contribution < -0.4 is 15.4 Å². The molecule has 2 heterocycles. The summed E-state index contributed by atoms with van der Waals surface area (Å²) in [6.45, 7) is 0.493. The molecule has 2 aromatic heterocycles. The van der Waals surface area contributed by atoms with Gasteiger partial charge in [0.2, 0.25) is 0 Å². The molecular formula is C31H27N7O2. The summed E-state index contributed by atoms with van der Waals surface area (Å²) in [4.78, 5) is 14.6. The van der Waals surface area contributed by atoms with Crippen molar-refractivity contribution in [2.75, 3.05) is 31.5 Å². The van der Waals surface area contributed by atoms with Crippen molar-refractivity contribution < 1.29 is 9.53 Å². The van der Waals surface area contributed by atoms with E-state index in [0.717, 1.165) is 27.8 Å². The van der Waals surface area contributed by atoms with E-state index in [9.17, 15) is 4.79 Å². The topological polar surface area (TPSA) is 96.7 Å². The van der Waals surface area contributed by atoms with Crippen molar-refractivity contribution in [2.45, 2.75) is 0 Å². The molecular weight excluding hydrogens is 502 g/mol. The van der Waals surface area contributed by atoms with Gasteiger partial charge in [-0.1, -0.05) is 48.5 Å². The number of nitrogens with one attached hydrogen (secondary N) is 2. The summed E-state index contributed by atoms with van der Waals surface area (Å²) in [6.07, 6.45) is 0. The lowest BCUT2D eigenvalue weighted by Gasteiger charge is -2.13. The van der Waals surface area contributed by atoms with Crippen molar-refractivity contribution in [3.63, 3.8) is 0 Å². The standard InChI is InChI=1S/C31H27N7O2/c1-37(2)20-40-25-17-15-21(16-18-25)29-34-35-30-27-14-7-6-13-26(27)28(36-38(29)30)32-23-11-8-12-24(19-23)33-31(39)22-9-4-3-5-10-22/h3-19H,20H2,1-2H3,(H,32,36)(H,33,39). The minimum absolute atomic E-state index is 0.171. The van der Waals surface area contributed by atoms with Crippen molar-refractivity contribution in [2.24, 2.45) is 0 Å². The molecule has 2 N–H and O–H groups in total. The average Bonchev–Trinajstić information content (AvgIpc) is 3.41. The van der Waals surface area contributed by atoms with Crippen LogP contribution in [-0.2, 0) is 0 Å². The largest absolute Gasteiger partial charge is 0.478 e. The van der Waals surface area contributed by atoms with Crippen molar-refractivity contribution in [3.05, 3.63) is 109 Å². The highest BCUT2D eigenvalue weighted by atomic mass is 16.5. The van der Waals surface area contributed by atoms with Gasteiger partial charge in [-0.3, -0.25) is 9.69 Å². The molecule has 40 heavy (non-hydrogen) atoms. The van der Waals surface area contributed by atoms with Crippen molar-refractivity contribution in [1.82, 2.24) is 24.7 Å². The fourth-order valence-electron chi connectivity index (χ4n) is 4.36. The van der Waals surface area contributed by atoms with Crippen molar-refractivity contribution in [1.29, 1.82) is 0 Å². The summed E-state index contributed by atoms with van der Waals surface area (Å²) in [5.74, 6) is 1.86. The molecule has 0 aliphatic carbocycles. The normalized spacial score (nSPS) is 11.2. The van der Waals surface area contributed by atoms with Gasteiger partial charge in [-0.05, 0) is 68.7 Å². The molecule has 9 nitrogen and oxygen atoms in total. The highest BCUT2D eigenvalue weighted by Gasteiger charge is 2.16. The number of benzene rings is 4. The number of nitrogens with zero attached hydrogens (tertiary/aromatic N) is 5. The zero-order chi connectivity index (χ0) is 27.5. The molecule has 1 amide bonds. The van der Waals surface area contributed by atoms with Gasteiger partial charge in [0.25, 0.3) is 5.91 Å². The van der Waals surface area contributed by atoms with E-state index in [4.69, 9.17) is 9.84 Å². The number of aromatic nitrogens is 4.